The first kappa shape index (κ1) is 11.2. The molecule has 1 fully saturated rings. The Balaban J connectivity index is 2.31. The van der Waals surface area contributed by atoms with Crippen molar-refractivity contribution in [1.29, 1.82) is 0 Å². The summed E-state index contributed by atoms with van der Waals surface area (Å²) in [4.78, 5) is 0. The molecule has 0 bridgehead atoms. The lowest BCUT2D eigenvalue weighted by Crippen LogP contribution is -2.23. The largest absolute Gasteiger partial charge is 0.376 e. The van der Waals surface area contributed by atoms with Crippen LogP contribution in [0.5, 0.6) is 0 Å². The van der Waals surface area contributed by atoms with Crippen LogP contribution in [0.15, 0.2) is 18.2 Å². The predicted octanol–water partition coefficient (Wildman–Crippen LogP) is 3.17. The number of hydrogen-bond donors (Lipinski definition) is 0. The van der Waals surface area contributed by atoms with Crippen LogP contribution in [-0.2, 0) is 15.4 Å². The number of benzene rings is 1. The molecule has 0 N–H and O–H groups in total. The number of rotatable bonds is 2. The van der Waals surface area contributed by atoms with E-state index in [9.17, 15) is 0 Å². The van der Waals surface area contributed by atoms with E-state index in [2.05, 4.69) is 0 Å². The van der Waals surface area contributed by atoms with Crippen molar-refractivity contribution >= 4 is 23.2 Å². The van der Waals surface area contributed by atoms with E-state index in [1.54, 1.807) is 0 Å². The highest BCUT2D eigenvalue weighted by atomic mass is 35.5. The first-order valence-corrected chi connectivity index (χ1v) is 5.76. The molecule has 0 amide bonds. The molecule has 1 saturated heterocycles. The van der Waals surface area contributed by atoms with Gasteiger partial charge in [0.05, 0.1) is 19.8 Å². The molecule has 1 aliphatic heterocycles. The summed E-state index contributed by atoms with van der Waals surface area (Å²) in [5.41, 5.74) is 1.98. The van der Waals surface area contributed by atoms with Crippen LogP contribution in [0.1, 0.15) is 17.2 Å². The van der Waals surface area contributed by atoms with Gasteiger partial charge in [-0.25, -0.2) is 0 Å². The second-order valence-electron chi connectivity index (χ2n) is 3.38. The van der Waals surface area contributed by atoms with Gasteiger partial charge in [0.25, 0.3) is 0 Å². The molecule has 1 aliphatic rings. The van der Waals surface area contributed by atoms with Gasteiger partial charge < -0.3 is 9.47 Å². The van der Waals surface area contributed by atoms with E-state index in [0.717, 1.165) is 11.1 Å². The van der Waals surface area contributed by atoms with Crippen LogP contribution in [-0.4, -0.2) is 19.8 Å². The van der Waals surface area contributed by atoms with Crippen LogP contribution in [0.3, 0.4) is 0 Å². The summed E-state index contributed by atoms with van der Waals surface area (Å²) in [5.74, 6) is 0.440. The molecule has 1 aromatic rings. The molecule has 0 aliphatic carbocycles. The summed E-state index contributed by atoms with van der Waals surface area (Å²) in [6.07, 6.45) is -0.0822. The summed E-state index contributed by atoms with van der Waals surface area (Å²) in [5, 5.41) is 0.698. The Morgan fingerprint density at radius 1 is 1.33 bits per heavy atom. The van der Waals surface area contributed by atoms with Crippen molar-refractivity contribution in [2.45, 2.75) is 12.0 Å². The third-order valence-electron chi connectivity index (χ3n) is 2.43. The lowest BCUT2D eigenvalue weighted by Gasteiger charge is -2.25. The summed E-state index contributed by atoms with van der Waals surface area (Å²) in [7, 11) is 0. The van der Waals surface area contributed by atoms with Crippen LogP contribution in [0.2, 0.25) is 5.02 Å². The summed E-state index contributed by atoms with van der Waals surface area (Å²) in [6, 6.07) is 5.71. The normalized spacial score (nSPS) is 21.6. The lowest BCUT2D eigenvalue weighted by atomic mass is 10.0. The monoisotopic (exact) mass is 246 g/mol. The van der Waals surface area contributed by atoms with E-state index in [-0.39, 0.29) is 6.10 Å². The van der Waals surface area contributed by atoms with E-state index in [1.807, 2.05) is 18.2 Å². The third kappa shape index (κ3) is 2.45. The first-order chi connectivity index (χ1) is 7.33. The maximum absolute atomic E-state index is 6.15. The molecular formula is C11H12Cl2O2. The molecule has 4 heteroatoms. The van der Waals surface area contributed by atoms with Gasteiger partial charge >= 0.3 is 0 Å². The van der Waals surface area contributed by atoms with E-state index in [0.29, 0.717) is 30.7 Å². The quantitative estimate of drug-likeness (QED) is 0.747. The minimum absolute atomic E-state index is 0.0822. The fourth-order valence-corrected chi connectivity index (χ4v) is 2.26. The number of halogens is 2. The highest BCUT2D eigenvalue weighted by Crippen LogP contribution is 2.31. The number of alkyl halides is 1. The summed E-state index contributed by atoms with van der Waals surface area (Å²) >= 11 is 12.0. The Bertz CT molecular complexity index is 335. The molecule has 82 valence electrons. The third-order valence-corrected chi connectivity index (χ3v) is 3.04. The molecule has 2 rings (SSSR count). The maximum Gasteiger partial charge on any atom is 0.108 e. The topological polar surface area (TPSA) is 18.5 Å². The Labute approximate surface area is 99.1 Å². The zero-order chi connectivity index (χ0) is 10.7. The molecule has 15 heavy (non-hydrogen) atoms. The van der Waals surface area contributed by atoms with Gasteiger partial charge in [0.15, 0.2) is 0 Å². The molecule has 0 spiro atoms. The summed E-state index contributed by atoms with van der Waals surface area (Å²) < 4.78 is 11.0. The Morgan fingerprint density at radius 3 is 2.87 bits per heavy atom. The van der Waals surface area contributed by atoms with Gasteiger partial charge in [0.2, 0.25) is 0 Å². The predicted molar refractivity (Wildman–Crippen MR) is 60.5 cm³/mol. The zero-order valence-corrected chi connectivity index (χ0v) is 9.72. The molecule has 2 nitrogen and oxygen atoms in total. The molecule has 1 atom stereocenters. The van der Waals surface area contributed by atoms with E-state index >= 15 is 0 Å². The summed E-state index contributed by atoms with van der Waals surface area (Å²) in [6.45, 7) is 1.81. The van der Waals surface area contributed by atoms with Crippen molar-refractivity contribution in [3.8, 4) is 0 Å². The molecular weight excluding hydrogens is 235 g/mol. The fourth-order valence-electron chi connectivity index (χ4n) is 1.71. The van der Waals surface area contributed by atoms with Gasteiger partial charge in [-0.15, -0.1) is 11.6 Å². The molecule has 0 saturated carbocycles. The Hall–Kier alpha value is -0.280. The zero-order valence-electron chi connectivity index (χ0n) is 8.21. The van der Waals surface area contributed by atoms with E-state index in [1.165, 1.54) is 0 Å². The molecule has 1 heterocycles. The second-order valence-corrected chi connectivity index (χ2v) is 4.06. The van der Waals surface area contributed by atoms with E-state index in [4.69, 9.17) is 32.7 Å². The number of ether oxygens (including phenoxy) is 2. The van der Waals surface area contributed by atoms with Gasteiger partial charge in [0.1, 0.15) is 6.10 Å². The van der Waals surface area contributed by atoms with Crippen LogP contribution in [0.4, 0.5) is 0 Å². The highest BCUT2D eigenvalue weighted by molar-refractivity contribution is 6.31. The minimum atomic E-state index is -0.0822. The molecule has 0 aromatic heterocycles. The SMILES string of the molecule is ClCc1cccc(Cl)c1C1COCCO1. The molecule has 1 aromatic carbocycles. The average molecular weight is 247 g/mol. The lowest BCUT2D eigenvalue weighted by molar-refractivity contribution is -0.0903. The molecule has 0 radical (unpaired) electrons. The van der Waals surface area contributed by atoms with Crippen LogP contribution >= 0.6 is 23.2 Å². The van der Waals surface area contributed by atoms with Crippen molar-refractivity contribution in [3.63, 3.8) is 0 Å². The smallest absolute Gasteiger partial charge is 0.108 e. The van der Waals surface area contributed by atoms with Gasteiger partial charge in [-0.3, -0.25) is 0 Å². The Morgan fingerprint density at radius 2 is 2.20 bits per heavy atom. The van der Waals surface area contributed by atoms with Gasteiger partial charge in [0, 0.05) is 16.5 Å². The van der Waals surface area contributed by atoms with Crippen molar-refractivity contribution in [2.24, 2.45) is 0 Å². The standard InChI is InChI=1S/C11H12Cl2O2/c12-6-8-2-1-3-9(13)11(8)10-7-14-4-5-15-10/h1-3,10H,4-7H2. The van der Waals surface area contributed by atoms with Gasteiger partial charge in [-0.05, 0) is 11.6 Å². The maximum atomic E-state index is 6.15. The first-order valence-electron chi connectivity index (χ1n) is 4.85. The van der Waals surface area contributed by atoms with Crippen molar-refractivity contribution in [3.05, 3.63) is 34.3 Å². The number of hydrogen-bond acceptors (Lipinski definition) is 2. The van der Waals surface area contributed by atoms with Crippen LogP contribution < -0.4 is 0 Å². The fraction of sp³-hybridized carbons (Fsp3) is 0.455. The van der Waals surface area contributed by atoms with Gasteiger partial charge in [-0.2, -0.15) is 0 Å². The Kier molecular flexibility index (Phi) is 3.87. The van der Waals surface area contributed by atoms with Gasteiger partial charge in [-0.1, -0.05) is 23.7 Å². The second kappa shape index (κ2) is 5.17. The molecule has 1 unspecified atom stereocenters. The van der Waals surface area contributed by atoms with Crippen LogP contribution in [0, 0.1) is 0 Å². The minimum Gasteiger partial charge on any atom is -0.376 e. The highest BCUT2D eigenvalue weighted by Gasteiger charge is 2.21. The average Bonchev–Trinajstić information content (AvgIpc) is 2.29. The van der Waals surface area contributed by atoms with Crippen molar-refractivity contribution in [2.75, 3.05) is 19.8 Å². The van der Waals surface area contributed by atoms with Crippen molar-refractivity contribution in [1.82, 2.24) is 0 Å². The van der Waals surface area contributed by atoms with Crippen LogP contribution in [0.25, 0.3) is 0 Å². The van der Waals surface area contributed by atoms with Crippen molar-refractivity contribution < 1.29 is 9.47 Å². The van der Waals surface area contributed by atoms with E-state index < -0.39 is 0 Å².